The van der Waals surface area contributed by atoms with E-state index < -0.39 is 0 Å². The molecule has 0 radical (unpaired) electrons. The average molecular weight is 178 g/mol. The molecule has 0 N–H and O–H groups in total. The fourth-order valence-electron chi connectivity index (χ4n) is 1.29. The van der Waals surface area contributed by atoms with Crippen LogP contribution in [0.5, 0.6) is 0 Å². The van der Waals surface area contributed by atoms with E-state index in [0.717, 1.165) is 10.9 Å². The van der Waals surface area contributed by atoms with Crippen molar-refractivity contribution in [2.75, 3.05) is 0 Å². The molecule has 1 nitrogen and oxygen atoms in total. The van der Waals surface area contributed by atoms with Crippen molar-refractivity contribution < 1.29 is 0 Å². The summed E-state index contributed by atoms with van der Waals surface area (Å²) in [5.74, 6) is 0. The molecule has 2 rings (SSSR count). The molecule has 2 heteroatoms. The van der Waals surface area contributed by atoms with Crippen LogP contribution in [0.1, 0.15) is 5.56 Å². The van der Waals surface area contributed by atoms with E-state index in [0.29, 0.717) is 5.15 Å². The molecule has 0 aliphatic carbocycles. The van der Waals surface area contributed by atoms with Gasteiger partial charge in [0.15, 0.2) is 0 Å². The average Bonchev–Trinajstić information content (AvgIpc) is 2.12. The lowest BCUT2D eigenvalue weighted by Gasteiger charge is -2.01. The second-order valence-electron chi connectivity index (χ2n) is 2.76. The van der Waals surface area contributed by atoms with Gasteiger partial charge in [-0.15, -0.1) is 0 Å². The third kappa shape index (κ3) is 1.07. The first-order valence-electron chi connectivity index (χ1n) is 3.79. The smallest absolute Gasteiger partial charge is 0.132 e. The molecule has 0 bridgehead atoms. The van der Waals surface area contributed by atoms with Crippen LogP contribution < -0.4 is 0 Å². The van der Waals surface area contributed by atoms with Gasteiger partial charge in [0.1, 0.15) is 5.15 Å². The third-order valence-electron chi connectivity index (χ3n) is 1.99. The molecule has 0 spiro atoms. The Morgan fingerprint density at radius 2 is 2.00 bits per heavy atom. The summed E-state index contributed by atoms with van der Waals surface area (Å²) in [6, 6.07) is 8.09. The molecule has 0 amide bonds. The quantitative estimate of drug-likeness (QED) is 0.564. The van der Waals surface area contributed by atoms with Crippen LogP contribution in [0.2, 0.25) is 5.15 Å². The maximum Gasteiger partial charge on any atom is 0.132 e. The zero-order valence-corrected chi connectivity index (χ0v) is 7.47. The number of aromatic nitrogens is 1. The Bertz CT molecular complexity index is 423. The lowest BCUT2D eigenvalue weighted by Crippen LogP contribution is -1.83. The molecule has 1 aromatic heterocycles. The maximum atomic E-state index is 5.88. The number of aryl methyl sites for hydroxylation is 1. The zero-order valence-electron chi connectivity index (χ0n) is 6.71. The third-order valence-corrected chi connectivity index (χ3v) is 2.37. The van der Waals surface area contributed by atoms with E-state index in [9.17, 15) is 0 Å². The van der Waals surface area contributed by atoms with Gasteiger partial charge >= 0.3 is 0 Å². The molecule has 0 fully saturated rings. The van der Waals surface area contributed by atoms with Crippen LogP contribution in [-0.4, -0.2) is 4.98 Å². The van der Waals surface area contributed by atoms with Crippen LogP contribution in [0.4, 0.5) is 0 Å². The van der Waals surface area contributed by atoms with Crippen LogP contribution in [0, 0.1) is 6.92 Å². The Morgan fingerprint density at radius 1 is 1.25 bits per heavy atom. The number of benzene rings is 1. The molecule has 0 saturated carbocycles. The minimum absolute atomic E-state index is 0.591. The molecule has 60 valence electrons. The number of fused-ring (bicyclic) bond motifs is 1. The summed E-state index contributed by atoms with van der Waals surface area (Å²) in [5, 5.41) is 2.91. The van der Waals surface area contributed by atoms with Crippen molar-refractivity contribution in [2.45, 2.75) is 6.92 Å². The van der Waals surface area contributed by atoms with Gasteiger partial charge in [-0.25, -0.2) is 4.98 Å². The topological polar surface area (TPSA) is 12.9 Å². The maximum absolute atomic E-state index is 5.88. The van der Waals surface area contributed by atoms with Gasteiger partial charge in [0.05, 0.1) is 0 Å². The van der Waals surface area contributed by atoms with Crippen molar-refractivity contribution >= 4 is 22.4 Å². The van der Waals surface area contributed by atoms with Crippen molar-refractivity contribution in [2.24, 2.45) is 0 Å². The van der Waals surface area contributed by atoms with Crippen molar-refractivity contribution in [3.8, 4) is 0 Å². The van der Waals surface area contributed by atoms with E-state index in [1.165, 1.54) is 5.39 Å². The van der Waals surface area contributed by atoms with Gasteiger partial charge in [0.25, 0.3) is 0 Å². The van der Waals surface area contributed by atoms with E-state index in [1.807, 2.05) is 25.1 Å². The van der Waals surface area contributed by atoms with E-state index in [1.54, 1.807) is 6.20 Å². The number of nitrogens with zero attached hydrogens (tertiary/aromatic N) is 1. The standard InChI is InChI=1S/C10H8ClN/c1-7-9-5-3-2-4-8(9)6-12-10(7)11/h2-6H,1H3. The first kappa shape index (κ1) is 7.56. The largest absolute Gasteiger partial charge is 0.244 e. The fraction of sp³-hybridized carbons (Fsp3) is 0.100. The summed E-state index contributed by atoms with van der Waals surface area (Å²) >= 11 is 5.88. The summed E-state index contributed by atoms with van der Waals surface area (Å²) < 4.78 is 0. The number of pyridine rings is 1. The minimum Gasteiger partial charge on any atom is -0.244 e. The van der Waals surface area contributed by atoms with Crippen molar-refractivity contribution in [3.63, 3.8) is 0 Å². The van der Waals surface area contributed by atoms with Gasteiger partial charge in [0.2, 0.25) is 0 Å². The Labute approximate surface area is 76.0 Å². The summed E-state index contributed by atoms with van der Waals surface area (Å²) in [5.41, 5.74) is 1.05. The van der Waals surface area contributed by atoms with Crippen molar-refractivity contribution in [3.05, 3.63) is 41.2 Å². The van der Waals surface area contributed by atoms with Gasteiger partial charge in [0, 0.05) is 11.6 Å². The summed E-state index contributed by atoms with van der Waals surface area (Å²) in [4.78, 5) is 4.07. The predicted molar refractivity (Wildman–Crippen MR) is 51.5 cm³/mol. The second kappa shape index (κ2) is 2.76. The fourth-order valence-corrected chi connectivity index (χ4v) is 1.44. The highest BCUT2D eigenvalue weighted by Gasteiger charge is 2.00. The Morgan fingerprint density at radius 3 is 2.83 bits per heavy atom. The Balaban J connectivity index is 2.91. The summed E-state index contributed by atoms with van der Waals surface area (Å²) in [6.45, 7) is 1.98. The molecular weight excluding hydrogens is 170 g/mol. The highest BCUT2D eigenvalue weighted by atomic mass is 35.5. The first-order valence-corrected chi connectivity index (χ1v) is 4.16. The van der Waals surface area contributed by atoms with Gasteiger partial charge < -0.3 is 0 Å². The summed E-state index contributed by atoms with van der Waals surface area (Å²) in [6.07, 6.45) is 1.80. The minimum atomic E-state index is 0.591. The van der Waals surface area contributed by atoms with E-state index in [2.05, 4.69) is 11.1 Å². The predicted octanol–water partition coefficient (Wildman–Crippen LogP) is 3.20. The van der Waals surface area contributed by atoms with Crippen molar-refractivity contribution in [1.82, 2.24) is 4.98 Å². The van der Waals surface area contributed by atoms with Crippen LogP contribution in [0.15, 0.2) is 30.5 Å². The zero-order chi connectivity index (χ0) is 8.55. The van der Waals surface area contributed by atoms with E-state index >= 15 is 0 Å². The lowest BCUT2D eigenvalue weighted by atomic mass is 10.1. The van der Waals surface area contributed by atoms with Crippen LogP contribution in [0.3, 0.4) is 0 Å². The molecule has 2 aromatic rings. The van der Waals surface area contributed by atoms with E-state index in [4.69, 9.17) is 11.6 Å². The molecule has 1 aromatic carbocycles. The number of hydrogen-bond acceptors (Lipinski definition) is 1. The highest BCUT2D eigenvalue weighted by Crippen LogP contribution is 2.21. The molecule has 0 aliphatic rings. The molecular formula is C10H8ClN. The molecule has 0 unspecified atom stereocenters. The van der Waals surface area contributed by atoms with Gasteiger partial charge in [-0.3, -0.25) is 0 Å². The monoisotopic (exact) mass is 177 g/mol. The van der Waals surface area contributed by atoms with Crippen LogP contribution >= 0.6 is 11.6 Å². The van der Waals surface area contributed by atoms with Crippen LogP contribution in [-0.2, 0) is 0 Å². The van der Waals surface area contributed by atoms with Gasteiger partial charge in [-0.1, -0.05) is 35.9 Å². The highest BCUT2D eigenvalue weighted by molar-refractivity contribution is 6.31. The van der Waals surface area contributed by atoms with Gasteiger partial charge in [-0.05, 0) is 17.9 Å². The SMILES string of the molecule is Cc1c(Cl)ncc2ccccc12. The number of hydrogen-bond donors (Lipinski definition) is 0. The van der Waals surface area contributed by atoms with E-state index in [-0.39, 0.29) is 0 Å². The van der Waals surface area contributed by atoms with Gasteiger partial charge in [-0.2, -0.15) is 0 Å². The Kier molecular flexibility index (Phi) is 1.74. The molecule has 12 heavy (non-hydrogen) atoms. The van der Waals surface area contributed by atoms with Crippen molar-refractivity contribution in [1.29, 1.82) is 0 Å². The number of halogens is 1. The number of rotatable bonds is 0. The second-order valence-corrected chi connectivity index (χ2v) is 3.12. The summed E-state index contributed by atoms with van der Waals surface area (Å²) in [7, 11) is 0. The molecule has 0 saturated heterocycles. The van der Waals surface area contributed by atoms with Crippen LogP contribution in [0.25, 0.3) is 10.8 Å². The lowest BCUT2D eigenvalue weighted by molar-refractivity contribution is 1.31. The first-order chi connectivity index (χ1) is 5.79. The molecule has 1 heterocycles. The normalized spacial score (nSPS) is 10.5. The Hall–Kier alpha value is -1.08. The molecule has 0 aliphatic heterocycles. The molecule has 0 atom stereocenters.